The van der Waals surface area contributed by atoms with Crippen LogP contribution in [0.3, 0.4) is 0 Å². The van der Waals surface area contributed by atoms with E-state index in [0.29, 0.717) is 30.2 Å². The monoisotopic (exact) mass is 404 g/mol. The summed E-state index contributed by atoms with van der Waals surface area (Å²) in [6, 6.07) is 14.3. The molecular formula is C21H23F3N4O. The normalized spacial score (nSPS) is 11.7. The topological polar surface area (TPSA) is 69.4 Å². The average Bonchev–Trinajstić information content (AvgIpc) is 2.69. The second kappa shape index (κ2) is 10.4. The molecule has 5 nitrogen and oxygen atoms in total. The van der Waals surface area contributed by atoms with Gasteiger partial charge in [-0.05, 0) is 43.2 Å². The van der Waals surface area contributed by atoms with Crippen LogP contribution in [0.1, 0.15) is 29.2 Å². The molecule has 0 spiro atoms. The summed E-state index contributed by atoms with van der Waals surface area (Å²) in [5.74, 6) is 0.719. The zero-order valence-electron chi connectivity index (χ0n) is 16.3. The van der Waals surface area contributed by atoms with Gasteiger partial charge in [0.15, 0.2) is 12.6 Å². The minimum Gasteiger partial charge on any atom is -0.484 e. The van der Waals surface area contributed by atoms with Gasteiger partial charge in [0.1, 0.15) is 5.75 Å². The molecule has 8 heteroatoms. The number of aliphatic imine (C=N–C) groups is 1. The van der Waals surface area contributed by atoms with Crippen LogP contribution < -0.4 is 15.4 Å². The molecule has 2 N–H and O–H groups in total. The number of hydrogen-bond donors (Lipinski definition) is 2. The molecule has 2 rings (SSSR count). The first-order valence-electron chi connectivity index (χ1n) is 9.11. The molecule has 0 unspecified atom stereocenters. The predicted octanol–water partition coefficient (Wildman–Crippen LogP) is 4.06. The van der Waals surface area contributed by atoms with Crippen molar-refractivity contribution in [1.82, 2.24) is 10.6 Å². The summed E-state index contributed by atoms with van der Waals surface area (Å²) in [7, 11) is 0. The van der Waals surface area contributed by atoms with Crippen LogP contribution in [0.25, 0.3) is 0 Å². The zero-order valence-corrected chi connectivity index (χ0v) is 16.3. The van der Waals surface area contributed by atoms with E-state index in [0.717, 1.165) is 11.1 Å². The molecule has 0 radical (unpaired) electrons. The van der Waals surface area contributed by atoms with Gasteiger partial charge in [0.25, 0.3) is 0 Å². The Morgan fingerprint density at radius 3 is 2.48 bits per heavy atom. The zero-order chi connectivity index (χ0) is 21.3. The van der Waals surface area contributed by atoms with E-state index in [2.05, 4.69) is 21.7 Å². The summed E-state index contributed by atoms with van der Waals surface area (Å²) in [6.07, 6.45) is -4.40. The molecule has 0 aliphatic rings. The molecular weight excluding hydrogens is 381 g/mol. The first kappa shape index (κ1) is 22.1. The third kappa shape index (κ3) is 7.74. The maximum Gasteiger partial charge on any atom is 0.422 e. The number of hydrogen-bond acceptors (Lipinski definition) is 3. The Bertz CT molecular complexity index is 871. The number of aryl methyl sites for hydroxylation is 1. The van der Waals surface area contributed by atoms with Crippen LogP contribution in [0.2, 0.25) is 0 Å². The van der Waals surface area contributed by atoms with Gasteiger partial charge in [0.2, 0.25) is 0 Å². The maximum absolute atomic E-state index is 12.5. The van der Waals surface area contributed by atoms with Crippen LogP contribution in [0.4, 0.5) is 13.2 Å². The number of nitrogens with one attached hydrogen (secondary N) is 2. The Kier molecular flexibility index (Phi) is 7.89. The lowest BCUT2D eigenvalue weighted by atomic mass is 10.1. The molecule has 0 heterocycles. The molecule has 0 atom stereocenters. The molecule has 0 aromatic heterocycles. The van der Waals surface area contributed by atoms with Gasteiger partial charge in [-0.15, -0.1) is 0 Å². The van der Waals surface area contributed by atoms with Crippen molar-refractivity contribution in [1.29, 1.82) is 5.26 Å². The van der Waals surface area contributed by atoms with Crippen LogP contribution in [0, 0.1) is 18.3 Å². The van der Waals surface area contributed by atoms with E-state index in [-0.39, 0.29) is 12.3 Å². The van der Waals surface area contributed by atoms with Crippen LogP contribution in [0.15, 0.2) is 47.5 Å². The van der Waals surface area contributed by atoms with E-state index in [9.17, 15) is 13.2 Å². The van der Waals surface area contributed by atoms with Crippen LogP contribution in [0.5, 0.6) is 5.75 Å². The fourth-order valence-corrected chi connectivity index (χ4v) is 2.48. The van der Waals surface area contributed by atoms with E-state index in [1.54, 1.807) is 31.2 Å². The third-order valence-electron chi connectivity index (χ3n) is 3.91. The van der Waals surface area contributed by atoms with Crippen LogP contribution in [-0.2, 0) is 13.1 Å². The molecule has 2 aromatic carbocycles. The van der Waals surface area contributed by atoms with E-state index >= 15 is 0 Å². The summed E-state index contributed by atoms with van der Waals surface area (Å²) >= 11 is 0. The molecule has 0 bridgehead atoms. The van der Waals surface area contributed by atoms with Gasteiger partial charge in [0, 0.05) is 18.7 Å². The van der Waals surface area contributed by atoms with Crippen molar-refractivity contribution >= 4 is 5.96 Å². The Labute approximate surface area is 168 Å². The second-order valence-electron chi connectivity index (χ2n) is 6.37. The lowest BCUT2D eigenvalue weighted by Gasteiger charge is -2.16. The van der Waals surface area contributed by atoms with Crippen molar-refractivity contribution in [2.75, 3.05) is 13.2 Å². The van der Waals surface area contributed by atoms with Crippen LogP contribution in [-0.4, -0.2) is 25.3 Å². The summed E-state index contributed by atoms with van der Waals surface area (Å²) in [6.45, 7) is 3.66. The number of halogens is 3. The molecule has 0 saturated carbocycles. The molecule has 29 heavy (non-hydrogen) atoms. The molecule has 154 valence electrons. The van der Waals surface area contributed by atoms with Gasteiger partial charge in [-0.1, -0.05) is 24.3 Å². The van der Waals surface area contributed by atoms with E-state index in [4.69, 9.17) is 10.00 Å². The third-order valence-corrected chi connectivity index (χ3v) is 3.91. The number of alkyl halides is 3. The summed E-state index contributed by atoms with van der Waals surface area (Å²) < 4.78 is 42.5. The van der Waals surface area contributed by atoms with E-state index in [1.807, 2.05) is 25.1 Å². The minimum atomic E-state index is -4.40. The number of ether oxygens (including phenoxy) is 1. The first-order chi connectivity index (χ1) is 13.8. The number of benzene rings is 2. The van der Waals surface area contributed by atoms with Crippen molar-refractivity contribution in [3.63, 3.8) is 0 Å². The predicted molar refractivity (Wildman–Crippen MR) is 106 cm³/mol. The SMILES string of the molecule is CCNC(=NCc1ccc(C#N)cc1)NCc1ccc(C)cc1OCC(F)(F)F. The molecule has 0 amide bonds. The van der Waals surface area contributed by atoms with Crippen molar-refractivity contribution in [3.8, 4) is 11.8 Å². The van der Waals surface area contributed by atoms with Crippen molar-refractivity contribution in [2.24, 2.45) is 4.99 Å². The minimum absolute atomic E-state index is 0.192. The Morgan fingerprint density at radius 1 is 1.14 bits per heavy atom. The van der Waals surface area contributed by atoms with Gasteiger partial charge in [-0.3, -0.25) is 0 Å². The van der Waals surface area contributed by atoms with Crippen molar-refractivity contribution in [2.45, 2.75) is 33.1 Å². The van der Waals surface area contributed by atoms with Gasteiger partial charge < -0.3 is 15.4 Å². The number of nitrogens with zero attached hydrogens (tertiary/aromatic N) is 2. The highest BCUT2D eigenvalue weighted by Gasteiger charge is 2.28. The number of nitriles is 1. The van der Waals surface area contributed by atoms with Crippen LogP contribution >= 0.6 is 0 Å². The smallest absolute Gasteiger partial charge is 0.422 e. The lowest BCUT2D eigenvalue weighted by Crippen LogP contribution is -2.37. The highest BCUT2D eigenvalue weighted by atomic mass is 19.4. The molecule has 0 aliphatic carbocycles. The molecule has 0 aliphatic heterocycles. The molecule has 2 aromatic rings. The summed E-state index contributed by atoms with van der Waals surface area (Å²) in [4.78, 5) is 4.48. The fraction of sp³-hybridized carbons (Fsp3) is 0.333. The quantitative estimate of drug-likeness (QED) is 0.539. The highest BCUT2D eigenvalue weighted by molar-refractivity contribution is 5.79. The first-order valence-corrected chi connectivity index (χ1v) is 9.11. The fourth-order valence-electron chi connectivity index (χ4n) is 2.48. The van der Waals surface area contributed by atoms with Gasteiger partial charge >= 0.3 is 6.18 Å². The Morgan fingerprint density at radius 2 is 1.86 bits per heavy atom. The van der Waals surface area contributed by atoms with Gasteiger partial charge in [-0.25, -0.2) is 4.99 Å². The van der Waals surface area contributed by atoms with Crippen molar-refractivity contribution < 1.29 is 17.9 Å². The average molecular weight is 404 g/mol. The Hall–Kier alpha value is -3.21. The van der Waals surface area contributed by atoms with Gasteiger partial charge in [-0.2, -0.15) is 18.4 Å². The summed E-state index contributed by atoms with van der Waals surface area (Å²) in [5, 5.41) is 15.1. The largest absolute Gasteiger partial charge is 0.484 e. The standard InChI is InChI=1S/C21H23F3N4O/c1-3-26-20(27-12-17-7-5-16(11-25)6-8-17)28-13-18-9-4-15(2)10-19(18)29-14-21(22,23)24/h4-10H,3,12-14H2,1-2H3,(H2,26,27,28). The van der Waals surface area contributed by atoms with Gasteiger partial charge in [0.05, 0.1) is 18.2 Å². The van der Waals surface area contributed by atoms with Crippen molar-refractivity contribution in [3.05, 3.63) is 64.7 Å². The Balaban J connectivity index is 2.06. The van der Waals surface area contributed by atoms with E-state index < -0.39 is 12.8 Å². The van der Waals surface area contributed by atoms with E-state index in [1.165, 1.54) is 0 Å². The highest BCUT2D eigenvalue weighted by Crippen LogP contribution is 2.23. The molecule has 0 saturated heterocycles. The summed E-state index contributed by atoms with van der Waals surface area (Å²) in [5.41, 5.74) is 2.93. The number of guanidine groups is 1. The number of rotatable bonds is 7. The lowest BCUT2D eigenvalue weighted by molar-refractivity contribution is -0.153. The molecule has 0 fully saturated rings. The maximum atomic E-state index is 12.5. The second-order valence-corrected chi connectivity index (χ2v) is 6.37.